The first-order chi connectivity index (χ1) is 4.47. The van der Waals surface area contributed by atoms with Crippen LogP contribution in [-0.4, -0.2) is 4.98 Å². The highest BCUT2D eigenvalue weighted by Crippen LogP contribution is 2.08. The molecule has 0 fully saturated rings. The van der Waals surface area contributed by atoms with Gasteiger partial charge in [-0.25, -0.2) is 4.98 Å². The third kappa shape index (κ3) is 0.598. The molecule has 2 aromatic rings. The average Bonchev–Trinajstić information content (AvgIpc) is 2.33. The predicted octanol–water partition coefficient (Wildman–Crippen LogP) is 1.43. The zero-order valence-electron chi connectivity index (χ0n) is 4.59. The average molecular weight is 117 g/mol. The summed E-state index contributed by atoms with van der Waals surface area (Å²) in [4.78, 5) is 3.90. The lowest BCUT2D eigenvalue weighted by Crippen LogP contribution is -1.63. The Bertz CT molecular complexity index is 283. The predicted molar refractivity (Wildman–Crippen MR) is 31.7 cm³/mol. The van der Waals surface area contributed by atoms with E-state index in [-0.39, 0.29) is 0 Å². The van der Waals surface area contributed by atoms with Crippen molar-refractivity contribution < 1.29 is 4.42 Å². The molecular weight excluding hydrogens is 114 g/mol. The van der Waals surface area contributed by atoms with Gasteiger partial charge in [0.1, 0.15) is 5.52 Å². The number of benzene rings is 1. The molecule has 0 spiro atoms. The number of nitrogens with zero attached hydrogens (tertiary/aromatic N) is 1. The molecule has 0 aliphatic carbocycles. The number of hydrogen-bond donors (Lipinski definition) is 0. The van der Waals surface area contributed by atoms with Crippen LogP contribution in [0.15, 0.2) is 22.9 Å². The van der Waals surface area contributed by atoms with Crippen LogP contribution in [0.3, 0.4) is 0 Å². The van der Waals surface area contributed by atoms with Crippen LogP contribution in [-0.2, 0) is 0 Å². The topological polar surface area (TPSA) is 26.0 Å². The molecule has 9 heavy (non-hydrogen) atoms. The van der Waals surface area contributed by atoms with Crippen molar-refractivity contribution in [1.29, 1.82) is 0 Å². The lowest BCUT2D eigenvalue weighted by atomic mass is 10.3. The van der Waals surface area contributed by atoms with Gasteiger partial charge in [-0.1, -0.05) is 0 Å². The maximum atomic E-state index is 4.96. The van der Waals surface area contributed by atoms with Gasteiger partial charge in [0, 0.05) is 0 Å². The van der Waals surface area contributed by atoms with E-state index in [2.05, 4.69) is 17.1 Å². The highest BCUT2D eigenvalue weighted by molar-refractivity contribution is 5.70. The van der Waals surface area contributed by atoms with Gasteiger partial charge in [0.2, 0.25) is 0 Å². The zero-order valence-corrected chi connectivity index (χ0v) is 4.59. The molecule has 0 aliphatic rings. The molecule has 0 atom stereocenters. The molecule has 0 bridgehead atoms. The number of hydrogen-bond acceptors (Lipinski definition) is 2. The van der Waals surface area contributed by atoms with Gasteiger partial charge in [-0.2, -0.15) is 0 Å². The minimum absolute atomic E-state index is 0.758. The van der Waals surface area contributed by atoms with Gasteiger partial charge in [-0.3, -0.25) is 0 Å². The Morgan fingerprint density at radius 2 is 2.22 bits per heavy atom. The molecular formula is C7H3NO. The van der Waals surface area contributed by atoms with E-state index in [0.29, 0.717) is 0 Å². The number of fused-ring (bicyclic) bond motifs is 1. The smallest absolute Gasteiger partial charge is 0.181 e. The molecule has 2 radical (unpaired) electrons. The van der Waals surface area contributed by atoms with E-state index in [0.717, 1.165) is 11.1 Å². The molecule has 1 aromatic carbocycles. The quantitative estimate of drug-likeness (QED) is 0.521. The Labute approximate surface area is 52.1 Å². The van der Waals surface area contributed by atoms with Gasteiger partial charge >= 0.3 is 0 Å². The second kappa shape index (κ2) is 1.58. The van der Waals surface area contributed by atoms with Crippen molar-refractivity contribution in [3.63, 3.8) is 0 Å². The molecule has 1 heterocycles. The molecule has 0 saturated heterocycles. The molecule has 42 valence electrons. The van der Waals surface area contributed by atoms with Crippen molar-refractivity contribution in [2.75, 3.05) is 0 Å². The Hall–Kier alpha value is -1.31. The van der Waals surface area contributed by atoms with Gasteiger partial charge in [0.05, 0.1) is 0 Å². The summed E-state index contributed by atoms with van der Waals surface area (Å²) < 4.78 is 4.96. The fraction of sp³-hybridized carbons (Fsp3) is 0. The van der Waals surface area contributed by atoms with E-state index in [1.807, 2.05) is 0 Å². The third-order valence-corrected chi connectivity index (χ3v) is 1.12. The van der Waals surface area contributed by atoms with Crippen molar-refractivity contribution >= 4 is 11.1 Å². The molecule has 2 nitrogen and oxygen atoms in total. The van der Waals surface area contributed by atoms with Crippen molar-refractivity contribution in [2.45, 2.75) is 0 Å². The summed E-state index contributed by atoms with van der Waals surface area (Å²) in [6.45, 7) is 0. The van der Waals surface area contributed by atoms with Crippen LogP contribution in [0, 0.1) is 12.1 Å². The van der Waals surface area contributed by atoms with E-state index < -0.39 is 0 Å². The summed E-state index contributed by atoms with van der Waals surface area (Å²) in [7, 11) is 0. The van der Waals surface area contributed by atoms with E-state index >= 15 is 0 Å². The van der Waals surface area contributed by atoms with Crippen LogP contribution in [0.5, 0.6) is 0 Å². The van der Waals surface area contributed by atoms with Crippen molar-refractivity contribution in [1.82, 2.24) is 4.98 Å². The Balaban J connectivity index is 2.95. The van der Waals surface area contributed by atoms with Gasteiger partial charge in [0.25, 0.3) is 0 Å². The SMILES string of the molecule is [c]1[c]cc2ocnc2c1. The largest absolute Gasteiger partial charge is 0.443 e. The van der Waals surface area contributed by atoms with Crippen molar-refractivity contribution in [3.8, 4) is 0 Å². The Kier molecular flexibility index (Phi) is 0.803. The van der Waals surface area contributed by atoms with E-state index in [9.17, 15) is 0 Å². The molecule has 0 saturated carbocycles. The first-order valence-electron chi connectivity index (χ1n) is 2.58. The molecule has 2 heteroatoms. The van der Waals surface area contributed by atoms with Gasteiger partial charge < -0.3 is 4.42 Å². The van der Waals surface area contributed by atoms with Crippen LogP contribution in [0.1, 0.15) is 0 Å². The summed E-state index contributed by atoms with van der Waals surface area (Å²) in [5, 5.41) is 0. The van der Waals surface area contributed by atoms with E-state index in [1.54, 1.807) is 12.1 Å². The van der Waals surface area contributed by atoms with Gasteiger partial charge in [0.15, 0.2) is 12.0 Å². The lowest BCUT2D eigenvalue weighted by molar-refractivity contribution is 0.602. The normalized spacial score (nSPS) is 10.2. The number of rotatable bonds is 0. The van der Waals surface area contributed by atoms with Crippen LogP contribution in [0.4, 0.5) is 0 Å². The fourth-order valence-corrected chi connectivity index (χ4v) is 0.698. The minimum atomic E-state index is 0.758. The minimum Gasteiger partial charge on any atom is -0.443 e. The molecule has 2 rings (SSSR count). The van der Waals surface area contributed by atoms with Crippen LogP contribution in [0.25, 0.3) is 11.1 Å². The molecule has 0 unspecified atom stereocenters. The van der Waals surface area contributed by atoms with E-state index in [1.165, 1.54) is 6.39 Å². The highest BCUT2D eigenvalue weighted by Gasteiger charge is 1.91. The summed E-state index contributed by atoms with van der Waals surface area (Å²) in [6.07, 6.45) is 1.41. The van der Waals surface area contributed by atoms with Gasteiger partial charge in [-0.15, -0.1) is 0 Å². The highest BCUT2D eigenvalue weighted by atomic mass is 16.3. The number of aromatic nitrogens is 1. The van der Waals surface area contributed by atoms with Crippen molar-refractivity contribution in [3.05, 3.63) is 30.7 Å². The fourth-order valence-electron chi connectivity index (χ4n) is 0.698. The molecule has 0 aliphatic heterocycles. The molecule has 0 amide bonds. The van der Waals surface area contributed by atoms with Crippen LogP contribution in [0.2, 0.25) is 0 Å². The van der Waals surface area contributed by atoms with Crippen LogP contribution >= 0.6 is 0 Å². The monoisotopic (exact) mass is 117 g/mol. The third-order valence-electron chi connectivity index (χ3n) is 1.12. The lowest BCUT2D eigenvalue weighted by Gasteiger charge is -1.78. The molecule has 0 N–H and O–H groups in total. The standard InChI is InChI=1S/C7H3NO/c1-2-4-7-6(3-1)8-5-9-7/h3-5H. The maximum absolute atomic E-state index is 4.96. The number of oxazole rings is 1. The first-order valence-corrected chi connectivity index (χ1v) is 2.58. The van der Waals surface area contributed by atoms with Crippen LogP contribution < -0.4 is 0 Å². The second-order valence-electron chi connectivity index (χ2n) is 1.68. The summed E-state index contributed by atoms with van der Waals surface area (Å²) in [5.74, 6) is 0. The maximum Gasteiger partial charge on any atom is 0.181 e. The first kappa shape index (κ1) is 4.56. The summed E-state index contributed by atoms with van der Waals surface area (Å²) >= 11 is 0. The second-order valence-corrected chi connectivity index (χ2v) is 1.68. The Morgan fingerprint density at radius 3 is 3.11 bits per heavy atom. The van der Waals surface area contributed by atoms with E-state index in [4.69, 9.17) is 4.42 Å². The Morgan fingerprint density at radius 1 is 1.33 bits per heavy atom. The zero-order chi connectivity index (χ0) is 6.10. The van der Waals surface area contributed by atoms with Crippen molar-refractivity contribution in [2.24, 2.45) is 0 Å². The van der Waals surface area contributed by atoms with Gasteiger partial charge in [-0.05, 0) is 24.3 Å². The molecule has 1 aromatic heterocycles. The summed E-state index contributed by atoms with van der Waals surface area (Å²) in [5.41, 5.74) is 1.59. The summed E-state index contributed by atoms with van der Waals surface area (Å²) in [6, 6.07) is 8.98.